The van der Waals surface area contributed by atoms with Gasteiger partial charge < -0.3 is 30.0 Å². The molecule has 0 fully saturated rings. The van der Waals surface area contributed by atoms with Gasteiger partial charge in [0.25, 0.3) is 5.91 Å². The van der Waals surface area contributed by atoms with E-state index >= 15 is 0 Å². The van der Waals surface area contributed by atoms with Gasteiger partial charge in [-0.15, -0.1) is 0 Å². The standard InChI is InChI=1S/C25H26N2O6/c28-13-23-20(27-25(30)17-5-8-21-22(11-17)32-14-31-21)7-6-19(33-23)12-24(29)26-18-9-15-3-1-2-4-16(15)10-18/h1-8,11,18-20,23,28H,9-10,12-14H2,(H,26,29)(H,27,30)/t19-,20-,23-/m0/s1. The lowest BCUT2D eigenvalue weighted by molar-refractivity contribution is -0.126. The molecule has 8 heteroatoms. The highest BCUT2D eigenvalue weighted by molar-refractivity contribution is 5.95. The van der Waals surface area contributed by atoms with Crippen LogP contribution in [-0.2, 0) is 22.4 Å². The van der Waals surface area contributed by atoms with Crippen molar-refractivity contribution in [2.24, 2.45) is 0 Å². The van der Waals surface area contributed by atoms with Crippen LogP contribution in [0.3, 0.4) is 0 Å². The Balaban J connectivity index is 1.15. The first-order valence-electron chi connectivity index (χ1n) is 11.1. The number of aliphatic hydroxyl groups excluding tert-OH is 1. The Morgan fingerprint density at radius 2 is 1.73 bits per heavy atom. The maximum absolute atomic E-state index is 12.7. The van der Waals surface area contributed by atoms with Crippen LogP contribution in [0.1, 0.15) is 27.9 Å². The van der Waals surface area contributed by atoms with Crippen LogP contribution in [-0.4, -0.2) is 54.6 Å². The summed E-state index contributed by atoms with van der Waals surface area (Å²) >= 11 is 0. The lowest BCUT2D eigenvalue weighted by atomic mass is 10.0. The number of amides is 2. The molecular weight excluding hydrogens is 424 g/mol. The zero-order chi connectivity index (χ0) is 22.8. The van der Waals surface area contributed by atoms with Crippen LogP contribution in [0.5, 0.6) is 11.5 Å². The number of benzene rings is 2. The van der Waals surface area contributed by atoms with E-state index in [4.69, 9.17) is 14.2 Å². The minimum absolute atomic E-state index is 0.0878. The van der Waals surface area contributed by atoms with Crippen molar-refractivity contribution in [2.45, 2.75) is 43.6 Å². The molecule has 2 amide bonds. The lowest BCUT2D eigenvalue weighted by Crippen LogP contribution is -2.49. The van der Waals surface area contributed by atoms with Crippen molar-refractivity contribution in [3.63, 3.8) is 0 Å². The van der Waals surface area contributed by atoms with E-state index in [1.807, 2.05) is 12.1 Å². The molecule has 3 N–H and O–H groups in total. The Morgan fingerprint density at radius 1 is 0.970 bits per heavy atom. The van der Waals surface area contributed by atoms with Crippen LogP contribution in [0.15, 0.2) is 54.6 Å². The van der Waals surface area contributed by atoms with E-state index in [1.165, 1.54) is 11.1 Å². The molecule has 0 aromatic heterocycles. The number of aliphatic hydroxyl groups is 1. The van der Waals surface area contributed by atoms with E-state index in [9.17, 15) is 14.7 Å². The van der Waals surface area contributed by atoms with Gasteiger partial charge in [0.2, 0.25) is 12.7 Å². The quantitative estimate of drug-likeness (QED) is 0.576. The van der Waals surface area contributed by atoms with E-state index in [2.05, 4.69) is 22.8 Å². The molecule has 0 bridgehead atoms. The second kappa shape index (κ2) is 9.25. The molecule has 8 nitrogen and oxygen atoms in total. The Labute approximate surface area is 191 Å². The summed E-state index contributed by atoms with van der Waals surface area (Å²) in [6.07, 6.45) is 4.24. The van der Waals surface area contributed by atoms with Crippen LogP contribution < -0.4 is 20.1 Å². The molecule has 0 saturated carbocycles. The van der Waals surface area contributed by atoms with E-state index < -0.39 is 18.2 Å². The third-order valence-corrected chi connectivity index (χ3v) is 6.20. The van der Waals surface area contributed by atoms with E-state index in [0.717, 1.165) is 12.8 Å². The highest BCUT2D eigenvalue weighted by Crippen LogP contribution is 2.32. The van der Waals surface area contributed by atoms with Crippen molar-refractivity contribution in [1.82, 2.24) is 10.6 Å². The first-order chi connectivity index (χ1) is 16.1. The van der Waals surface area contributed by atoms with Crippen LogP contribution in [0, 0.1) is 0 Å². The third kappa shape index (κ3) is 4.72. The van der Waals surface area contributed by atoms with Crippen LogP contribution in [0.4, 0.5) is 0 Å². The Bertz CT molecular complexity index is 1060. The van der Waals surface area contributed by atoms with Gasteiger partial charge in [-0.1, -0.05) is 36.4 Å². The predicted octanol–water partition coefficient (Wildman–Crippen LogP) is 1.50. The van der Waals surface area contributed by atoms with Crippen LogP contribution >= 0.6 is 0 Å². The summed E-state index contributed by atoms with van der Waals surface area (Å²) in [5, 5.41) is 15.8. The van der Waals surface area contributed by atoms with Gasteiger partial charge in [0, 0.05) is 11.6 Å². The SMILES string of the molecule is O=C(C[C@@H]1C=C[C@H](NC(=O)c2ccc3c(c2)OCO3)[C@H](CO)O1)NC1Cc2ccccc2C1. The second-order valence-electron chi connectivity index (χ2n) is 8.49. The molecule has 0 unspecified atom stereocenters. The second-order valence-corrected chi connectivity index (χ2v) is 8.49. The number of nitrogens with one attached hydrogen (secondary N) is 2. The Kier molecular flexibility index (Phi) is 6.02. The molecule has 0 spiro atoms. The third-order valence-electron chi connectivity index (χ3n) is 6.20. The first-order valence-corrected chi connectivity index (χ1v) is 11.1. The zero-order valence-electron chi connectivity index (χ0n) is 18.0. The summed E-state index contributed by atoms with van der Waals surface area (Å²) < 4.78 is 16.5. The van der Waals surface area contributed by atoms with E-state index in [-0.39, 0.29) is 37.7 Å². The van der Waals surface area contributed by atoms with Gasteiger partial charge in [0.05, 0.1) is 25.2 Å². The lowest BCUT2D eigenvalue weighted by Gasteiger charge is -2.31. The minimum Gasteiger partial charge on any atom is -0.454 e. The molecule has 0 radical (unpaired) electrons. The van der Waals surface area contributed by atoms with Gasteiger partial charge in [-0.05, 0) is 42.2 Å². The Morgan fingerprint density at radius 3 is 2.48 bits per heavy atom. The fourth-order valence-electron chi connectivity index (χ4n) is 4.54. The summed E-state index contributed by atoms with van der Waals surface area (Å²) in [6, 6.07) is 12.7. The molecule has 2 aromatic carbocycles. The largest absolute Gasteiger partial charge is 0.454 e. The van der Waals surface area contributed by atoms with Gasteiger partial charge in [0.1, 0.15) is 6.10 Å². The zero-order valence-corrected chi connectivity index (χ0v) is 18.0. The predicted molar refractivity (Wildman–Crippen MR) is 119 cm³/mol. The van der Waals surface area contributed by atoms with Gasteiger partial charge in [-0.3, -0.25) is 9.59 Å². The summed E-state index contributed by atoms with van der Waals surface area (Å²) in [7, 11) is 0. The summed E-state index contributed by atoms with van der Waals surface area (Å²) in [5.41, 5.74) is 2.97. The molecule has 3 atom stereocenters. The van der Waals surface area contributed by atoms with Gasteiger partial charge in [-0.25, -0.2) is 0 Å². The number of hydrogen-bond donors (Lipinski definition) is 3. The molecule has 2 heterocycles. The normalized spacial score (nSPS) is 23.2. The average molecular weight is 450 g/mol. The number of ether oxygens (including phenoxy) is 3. The maximum Gasteiger partial charge on any atom is 0.251 e. The molecule has 5 rings (SSSR count). The maximum atomic E-state index is 12.7. The smallest absolute Gasteiger partial charge is 0.251 e. The monoisotopic (exact) mass is 450 g/mol. The van der Waals surface area contributed by atoms with Crippen LogP contribution in [0.2, 0.25) is 0 Å². The van der Waals surface area contributed by atoms with Crippen molar-refractivity contribution < 1.29 is 28.9 Å². The fraction of sp³-hybridized carbons (Fsp3) is 0.360. The number of hydrogen-bond acceptors (Lipinski definition) is 6. The van der Waals surface area contributed by atoms with E-state index in [1.54, 1.807) is 30.4 Å². The van der Waals surface area contributed by atoms with E-state index in [0.29, 0.717) is 17.1 Å². The molecule has 0 saturated heterocycles. The Hall–Kier alpha value is -3.36. The molecule has 2 aromatic rings. The minimum atomic E-state index is -0.651. The van der Waals surface area contributed by atoms with Crippen LogP contribution in [0.25, 0.3) is 0 Å². The number of carbonyl (C=O) groups is 2. The highest BCUT2D eigenvalue weighted by Gasteiger charge is 2.30. The number of rotatable bonds is 6. The summed E-state index contributed by atoms with van der Waals surface area (Å²) in [6.45, 7) is -0.151. The van der Waals surface area contributed by atoms with Gasteiger partial charge >= 0.3 is 0 Å². The van der Waals surface area contributed by atoms with Gasteiger partial charge in [-0.2, -0.15) is 0 Å². The fourth-order valence-corrected chi connectivity index (χ4v) is 4.54. The van der Waals surface area contributed by atoms with Gasteiger partial charge in [0.15, 0.2) is 11.5 Å². The molecule has 172 valence electrons. The molecule has 1 aliphatic carbocycles. The van der Waals surface area contributed by atoms with Crippen molar-refractivity contribution in [1.29, 1.82) is 0 Å². The number of carbonyl (C=O) groups excluding carboxylic acids is 2. The molecule has 33 heavy (non-hydrogen) atoms. The average Bonchev–Trinajstić information content (AvgIpc) is 3.45. The van der Waals surface area contributed by atoms with Crippen molar-refractivity contribution in [3.8, 4) is 11.5 Å². The summed E-state index contributed by atoms with van der Waals surface area (Å²) in [4.78, 5) is 25.2. The first kappa shape index (κ1) is 21.5. The topological polar surface area (TPSA) is 106 Å². The number of fused-ring (bicyclic) bond motifs is 2. The molecular formula is C25H26N2O6. The molecule has 2 aliphatic heterocycles. The van der Waals surface area contributed by atoms with Crippen molar-refractivity contribution in [3.05, 3.63) is 71.3 Å². The van der Waals surface area contributed by atoms with Crippen molar-refractivity contribution in [2.75, 3.05) is 13.4 Å². The van der Waals surface area contributed by atoms with Crippen molar-refractivity contribution >= 4 is 11.8 Å². The highest BCUT2D eigenvalue weighted by atomic mass is 16.7. The summed E-state index contributed by atoms with van der Waals surface area (Å²) in [5.74, 6) is 0.709. The molecule has 3 aliphatic rings.